The van der Waals surface area contributed by atoms with Crippen LogP contribution in [0.3, 0.4) is 0 Å². The van der Waals surface area contributed by atoms with Gasteiger partial charge in [-0.3, -0.25) is 19.6 Å². The number of aliphatic imine (C=N–C) groups is 1. The van der Waals surface area contributed by atoms with E-state index in [1.165, 1.54) is 0 Å². The molecule has 1 amide bonds. The molecule has 7 nitrogen and oxygen atoms in total. The van der Waals surface area contributed by atoms with Crippen LogP contribution in [0.5, 0.6) is 0 Å². The number of fused-ring (bicyclic) bond motifs is 1. The number of carboxylic acids is 1. The minimum absolute atomic E-state index is 0.0668. The Balaban J connectivity index is 1.52. The maximum absolute atomic E-state index is 13.0. The highest BCUT2D eigenvalue weighted by atomic mass is 16.5. The summed E-state index contributed by atoms with van der Waals surface area (Å²) in [7, 11) is 0. The summed E-state index contributed by atoms with van der Waals surface area (Å²) < 4.78 is 5.64. The van der Waals surface area contributed by atoms with Gasteiger partial charge in [-0.1, -0.05) is 36.4 Å². The van der Waals surface area contributed by atoms with Crippen molar-refractivity contribution < 1.29 is 19.4 Å². The number of benzene rings is 2. The third-order valence-electron chi connectivity index (χ3n) is 5.71. The number of amides is 1. The van der Waals surface area contributed by atoms with Gasteiger partial charge in [0.1, 0.15) is 6.61 Å². The summed E-state index contributed by atoms with van der Waals surface area (Å²) in [4.78, 5) is 33.3. The van der Waals surface area contributed by atoms with E-state index in [1.54, 1.807) is 19.9 Å². The molecule has 2 heterocycles. The molecule has 0 radical (unpaired) electrons. The predicted octanol–water partition coefficient (Wildman–Crippen LogP) is 5.11. The van der Waals surface area contributed by atoms with Crippen LogP contribution in [0.4, 0.5) is 5.69 Å². The molecule has 2 N–H and O–H groups in total. The summed E-state index contributed by atoms with van der Waals surface area (Å²) >= 11 is 0. The second kappa shape index (κ2) is 9.47. The second-order valence-corrected chi connectivity index (χ2v) is 8.98. The van der Waals surface area contributed by atoms with Gasteiger partial charge in [-0.25, -0.2) is 0 Å². The van der Waals surface area contributed by atoms with Crippen LogP contribution in [0.1, 0.15) is 41.9 Å². The largest absolute Gasteiger partial charge is 0.481 e. The van der Waals surface area contributed by atoms with Crippen molar-refractivity contribution in [3.05, 3.63) is 77.5 Å². The van der Waals surface area contributed by atoms with Crippen molar-refractivity contribution in [3.8, 4) is 0 Å². The first-order valence-electron chi connectivity index (χ1n) is 11.1. The number of nitrogens with one attached hydrogen (secondary N) is 1. The number of carboxylic acid groups (broad SMARTS) is 1. The molecule has 4 rings (SSSR count). The molecule has 0 unspecified atom stereocenters. The van der Waals surface area contributed by atoms with Crippen molar-refractivity contribution >= 4 is 39.9 Å². The number of aromatic nitrogens is 1. The van der Waals surface area contributed by atoms with Crippen LogP contribution >= 0.6 is 0 Å². The number of ether oxygens (including phenoxy) is 1. The Kier molecular flexibility index (Phi) is 6.45. The maximum atomic E-state index is 13.0. The van der Waals surface area contributed by atoms with Gasteiger partial charge in [-0.05, 0) is 56.2 Å². The second-order valence-electron chi connectivity index (χ2n) is 8.98. The van der Waals surface area contributed by atoms with Crippen molar-refractivity contribution in [1.29, 1.82) is 0 Å². The monoisotopic (exact) mass is 457 g/mol. The molecule has 1 aliphatic heterocycles. The molecule has 1 aliphatic rings. The van der Waals surface area contributed by atoms with Gasteiger partial charge >= 0.3 is 5.97 Å². The predicted molar refractivity (Wildman–Crippen MR) is 133 cm³/mol. The molecule has 2 aromatic carbocycles. The number of carbonyl (C=O) groups is 2. The number of hydrogen-bond acceptors (Lipinski definition) is 5. The molecule has 34 heavy (non-hydrogen) atoms. The molecule has 1 aromatic heterocycles. The first-order chi connectivity index (χ1) is 16.2. The zero-order chi connectivity index (χ0) is 24.3. The van der Waals surface area contributed by atoms with Gasteiger partial charge < -0.3 is 15.2 Å². The molecule has 0 bridgehead atoms. The first kappa shape index (κ1) is 23.2. The Morgan fingerprint density at radius 2 is 1.88 bits per heavy atom. The average Bonchev–Trinajstić information content (AvgIpc) is 2.82. The summed E-state index contributed by atoms with van der Waals surface area (Å²) in [5.74, 6) is -0.550. The van der Waals surface area contributed by atoms with E-state index in [4.69, 9.17) is 4.74 Å². The number of pyridine rings is 1. The van der Waals surface area contributed by atoms with E-state index in [9.17, 15) is 14.7 Å². The third-order valence-corrected chi connectivity index (χ3v) is 5.71. The number of para-hydroxylation sites is 1. The Labute approximate surface area is 198 Å². The van der Waals surface area contributed by atoms with Crippen LogP contribution in [0.2, 0.25) is 0 Å². The normalized spacial score (nSPS) is 13.7. The van der Waals surface area contributed by atoms with Gasteiger partial charge in [0.05, 0.1) is 23.0 Å². The fourth-order valence-corrected chi connectivity index (χ4v) is 3.62. The van der Waals surface area contributed by atoms with E-state index in [-0.39, 0.29) is 12.5 Å². The van der Waals surface area contributed by atoms with Gasteiger partial charge in [0.2, 0.25) is 0 Å². The summed E-state index contributed by atoms with van der Waals surface area (Å²) in [6.45, 7) is 5.62. The lowest BCUT2D eigenvalue weighted by Gasteiger charge is -2.21. The Morgan fingerprint density at radius 3 is 2.56 bits per heavy atom. The van der Waals surface area contributed by atoms with Gasteiger partial charge in [0, 0.05) is 23.2 Å². The smallest absolute Gasteiger partial charge is 0.312 e. The number of rotatable bonds is 6. The standard InChI is InChI=1S/C27H27N3O4/c1-17-13-22(25(31)30-20-7-5-4-6-8-20)21-11-9-18(14-23(21)29-17)19-10-12-24(28-15-19)34-16-27(2,3)26(32)33/h4-11,13-14H,12,15-16H2,1-3H3,(H,30,31)(H,32,33). The van der Waals surface area contributed by atoms with Crippen LogP contribution in [0.25, 0.3) is 16.5 Å². The molecule has 0 fully saturated rings. The van der Waals surface area contributed by atoms with Crippen LogP contribution < -0.4 is 5.32 Å². The third kappa shape index (κ3) is 5.14. The molecule has 0 saturated heterocycles. The molecule has 7 heteroatoms. The highest BCUT2D eigenvalue weighted by Gasteiger charge is 2.28. The summed E-state index contributed by atoms with van der Waals surface area (Å²) in [6, 6.07) is 17.0. The Hall–Kier alpha value is -4.00. The van der Waals surface area contributed by atoms with Gasteiger partial charge in [-0.15, -0.1) is 0 Å². The zero-order valence-corrected chi connectivity index (χ0v) is 19.5. The molecule has 0 saturated carbocycles. The molecule has 0 spiro atoms. The average molecular weight is 458 g/mol. The number of nitrogens with zero attached hydrogens (tertiary/aromatic N) is 2. The molecule has 0 atom stereocenters. The summed E-state index contributed by atoms with van der Waals surface area (Å²) in [5.41, 5.74) is 3.85. The van der Waals surface area contributed by atoms with Gasteiger partial charge in [0.25, 0.3) is 5.91 Å². The molecular formula is C27H27N3O4. The summed E-state index contributed by atoms with van der Waals surface area (Å²) in [6.07, 6.45) is 2.53. The van der Waals surface area contributed by atoms with Crippen LogP contribution in [0.15, 0.2) is 65.7 Å². The molecule has 174 valence electrons. The lowest BCUT2D eigenvalue weighted by atomic mass is 9.95. The van der Waals surface area contributed by atoms with Crippen molar-refractivity contribution in [1.82, 2.24) is 4.98 Å². The lowest BCUT2D eigenvalue weighted by Crippen LogP contribution is -2.30. The van der Waals surface area contributed by atoms with E-state index in [2.05, 4.69) is 15.3 Å². The minimum Gasteiger partial charge on any atom is -0.481 e. The van der Waals surface area contributed by atoms with Crippen molar-refractivity contribution in [3.63, 3.8) is 0 Å². The molecule has 3 aromatic rings. The fraction of sp³-hybridized carbons (Fsp3) is 0.259. The van der Waals surface area contributed by atoms with Crippen molar-refractivity contribution in [2.24, 2.45) is 10.4 Å². The van der Waals surface area contributed by atoms with Crippen LogP contribution in [-0.4, -0.2) is 41.0 Å². The first-order valence-corrected chi connectivity index (χ1v) is 11.1. The van der Waals surface area contributed by atoms with E-state index in [1.807, 2.05) is 61.5 Å². The lowest BCUT2D eigenvalue weighted by molar-refractivity contribution is -0.148. The number of aryl methyl sites for hydroxylation is 1. The number of aliphatic carboxylic acids is 1. The van der Waals surface area contributed by atoms with E-state index in [0.29, 0.717) is 24.4 Å². The topological polar surface area (TPSA) is 101 Å². The highest BCUT2D eigenvalue weighted by molar-refractivity contribution is 6.12. The quantitative estimate of drug-likeness (QED) is 0.536. The minimum atomic E-state index is -0.973. The van der Waals surface area contributed by atoms with Crippen LogP contribution in [-0.2, 0) is 9.53 Å². The Morgan fingerprint density at radius 1 is 1.12 bits per heavy atom. The van der Waals surface area contributed by atoms with Crippen molar-refractivity contribution in [2.45, 2.75) is 27.2 Å². The van der Waals surface area contributed by atoms with E-state index in [0.717, 1.165) is 33.4 Å². The number of anilines is 1. The van der Waals surface area contributed by atoms with Crippen LogP contribution in [0, 0.1) is 12.3 Å². The SMILES string of the molecule is Cc1cc(C(=O)Nc2ccccc2)c2ccc(C3=CCC(OCC(C)(C)C(=O)O)=NC3)cc2n1. The molecule has 0 aliphatic carbocycles. The van der Waals surface area contributed by atoms with E-state index < -0.39 is 11.4 Å². The fourth-order valence-electron chi connectivity index (χ4n) is 3.62. The zero-order valence-electron chi connectivity index (χ0n) is 19.5. The Bertz CT molecular complexity index is 1310. The van der Waals surface area contributed by atoms with Gasteiger partial charge in [-0.2, -0.15) is 0 Å². The number of dihydropyridines is 1. The number of carbonyl (C=O) groups excluding carboxylic acids is 1. The number of hydrogen-bond donors (Lipinski definition) is 2. The maximum Gasteiger partial charge on any atom is 0.312 e. The van der Waals surface area contributed by atoms with E-state index >= 15 is 0 Å². The van der Waals surface area contributed by atoms with Crippen molar-refractivity contribution in [2.75, 3.05) is 18.5 Å². The summed E-state index contributed by atoms with van der Waals surface area (Å²) in [5, 5.41) is 13.0. The molecular weight excluding hydrogens is 430 g/mol. The van der Waals surface area contributed by atoms with Gasteiger partial charge in [0.15, 0.2) is 5.90 Å². The highest BCUT2D eigenvalue weighted by Crippen LogP contribution is 2.27.